The smallest absolute Gasteiger partial charge is 0.412 e. The van der Waals surface area contributed by atoms with Crippen molar-refractivity contribution in [1.29, 1.82) is 0 Å². The number of esters is 1. The standard InChI is InChI=1S/C44H45N11O7/c1-2-58-44(57)41-50-55(38-16-19-52(21-23-54(38)41)25-29-5-9-30(10-6-29)34-26-59-32-4-3-17-46-42(32)61-34)36-14-13-33-43(47-36)62-35(27-60-33)31-11-7-28(8-12-31)24-51-18-15-37-48-49-40(39(45)56)53(37)22-20-51/h3-14,17,34-35H,2,15-16,18-27H2,1H3,(H-,45,56)/p+1/t34-,35-/m1/s1. The van der Waals surface area contributed by atoms with Gasteiger partial charge in [-0.1, -0.05) is 53.2 Å². The number of hydrogen-bond acceptors (Lipinski definition) is 14. The van der Waals surface area contributed by atoms with E-state index >= 15 is 0 Å². The summed E-state index contributed by atoms with van der Waals surface area (Å²) in [5.74, 6) is 3.56. The van der Waals surface area contributed by atoms with E-state index in [1.54, 1.807) is 17.8 Å². The Morgan fingerprint density at radius 2 is 1.47 bits per heavy atom. The van der Waals surface area contributed by atoms with Crippen molar-refractivity contribution in [1.82, 2.24) is 44.3 Å². The average Bonchev–Trinajstić information content (AvgIpc) is 3.75. The van der Waals surface area contributed by atoms with Crippen LogP contribution in [0.25, 0.3) is 5.82 Å². The van der Waals surface area contributed by atoms with Crippen LogP contribution in [0.3, 0.4) is 0 Å². The number of primary amides is 1. The van der Waals surface area contributed by atoms with Crippen LogP contribution in [0.5, 0.6) is 23.3 Å². The maximum Gasteiger partial charge on any atom is 0.412 e. The molecule has 2 N–H and O–H groups in total. The highest BCUT2D eigenvalue weighted by Crippen LogP contribution is 2.36. The normalized spacial score (nSPS) is 18.5. The van der Waals surface area contributed by atoms with Gasteiger partial charge >= 0.3 is 11.8 Å². The first-order valence-corrected chi connectivity index (χ1v) is 21.0. The fraction of sp³-hybridized carbons (Fsp3) is 0.364. The molecule has 2 aromatic carbocycles. The number of fused-ring (bicyclic) bond motifs is 4. The summed E-state index contributed by atoms with van der Waals surface area (Å²) in [6.07, 6.45) is 2.38. The monoisotopic (exact) mass is 840 g/mol. The Balaban J connectivity index is 0.809. The van der Waals surface area contributed by atoms with Crippen LogP contribution in [0.15, 0.2) is 79.0 Å². The van der Waals surface area contributed by atoms with Gasteiger partial charge in [0.05, 0.1) is 24.7 Å². The van der Waals surface area contributed by atoms with Crippen molar-refractivity contribution >= 4 is 11.9 Å². The Bertz CT molecular complexity index is 2610. The zero-order chi connectivity index (χ0) is 42.2. The summed E-state index contributed by atoms with van der Waals surface area (Å²) in [6, 6.07) is 24.1. The molecule has 0 bridgehead atoms. The van der Waals surface area contributed by atoms with Gasteiger partial charge in [-0.05, 0) is 47.4 Å². The molecular formula is C44H46N11O7+. The van der Waals surface area contributed by atoms with Crippen molar-refractivity contribution in [2.24, 2.45) is 5.73 Å². The topological polar surface area (TPSA) is 191 Å². The molecule has 10 rings (SSSR count). The van der Waals surface area contributed by atoms with Gasteiger partial charge in [-0.15, -0.1) is 10.2 Å². The third-order valence-electron chi connectivity index (χ3n) is 11.7. The zero-order valence-electron chi connectivity index (χ0n) is 34.3. The van der Waals surface area contributed by atoms with Gasteiger partial charge < -0.3 is 34.0 Å². The van der Waals surface area contributed by atoms with Crippen LogP contribution >= 0.6 is 0 Å². The summed E-state index contributed by atoms with van der Waals surface area (Å²) < 4.78 is 35.6. The maximum atomic E-state index is 13.3. The molecule has 6 aromatic rings. The number of carbonyl (C=O) groups is 2. The summed E-state index contributed by atoms with van der Waals surface area (Å²) in [6.45, 7) is 8.35. The van der Waals surface area contributed by atoms with E-state index in [-0.39, 0.29) is 30.5 Å². The molecule has 0 radical (unpaired) electrons. The lowest BCUT2D eigenvalue weighted by molar-refractivity contribution is -0.704. The third-order valence-corrected chi connectivity index (χ3v) is 11.7. The van der Waals surface area contributed by atoms with Gasteiger partial charge in [0.1, 0.15) is 19.0 Å². The van der Waals surface area contributed by atoms with Crippen LogP contribution in [0.4, 0.5) is 0 Å². The van der Waals surface area contributed by atoms with E-state index in [1.807, 2.05) is 33.4 Å². The van der Waals surface area contributed by atoms with Crippen LogP contribution in [0, 0.1) is 0 Å². The Hall–Kier alpha value is -6.92. The molecule has 1 amide bonds. The summed E-state index contributed by atoms with van der Waals surface area (Å²) in [4.78, 5) is 39.0. The SMILES string of the molecule is CCOC(=O)c1nn(-c2ccc3c(n2)O[C@@H](c2ccc(CN4CCc5nnc(C(N)=O)n5CC4)cc2)CO3)c2[n+]1CCN(Cc1ccc([C@H]3COc4cccnc4O3)cc1)CC2. The van der Waals surface area contributed by atoms with Crippen LogP contribution in [-0.4, -0.2) is 102 Å². The number of nitrogens with two attached hydrogens (primary N) is 1. The summed E-state index contributed by atoms with van der Waals surface area (Å²) >= 11 is 0. The fourth-order valence-electron chi connectivity index (χ4n) is 8.42. The van der Waals surface area contributed by atoms with Crippen LogP contribution in [-0.2, 0) is 43.8 Å². The zero-order valence-corrected chi connectivity index (χ0v) is 34.3. The highest BCUT2D eigenvalue weighted by Gasteiger charge is 2.36. The highest BCUT2D eigenvalue weighted by atomic mass is 16.6. The number of hydrogen-bond donors (Lipinski definition) is 1. The van der Waals surface area contributed by atoms with Crippen molar-refractivity contribution in [2.45, 2.75) is 58.2 Å². The molecule has 4 aliphatic rings. The van der Waals surface area contributed by atoms with E-state index in [0.717, 1.165) is 66.6 Å². The lowest BCUT2D eigenvalue weighted by Crippen LogP contribution is -2.44. The average molecular weight is 841 g/mol. The molecule has 62 heavy (non-hydrogen) atoms. The van der Waals surface area contributed by atoms with Gasteiger partial charge in [0.15, 0.2) is 23.7 Å². The molecule has 4 aliphatic heterocycles. The second-order valence-corrected chi connectivity index (χ2v) is 15.6. The molecule has 0 saturated heterocycles. The fourth-order valence-corrected chi connectivity index (χ4v) is 8.42. The minimum Gasteiger partial charge on any atom is -0.484 e. The quantitative estimate of drug-likeness (QED) is 0.157. The van der Waals surface area contributed by atoms with Crippen LogP contribution in [0.2, 0.25) is 0 Å². The van der Waals surface area contributed by atoms with E-state index in [0.29, 0.717) is 74.8 Å². The Morgan fingerprint density at radius 3 is 2.18 bits per heavy atom. The molecule has 18 heteroatoms. The van der Waals surface area contributed by atoms with Gasteiger partial charge in [-0.25, -0.2) is 14.3 Å². The molecule has 318 valence electrons. The lowest BCUT2D eigenvalue weighted by Gasteiger charge is -2.26. The second-order valence-electron chi connectivity index (χ2n) is 15.6. The lowest BCUT2D eigenvalue weighted by atomic mass is 10.1. The van der Waals surface area contributed by atoms with Crippen LogP contribution in [0.1, 0.15) is 74.3 Å². The predicted octanol–water partition coefficient (Wildman–Crippen LogP) is 2.96. The van der Waals surface area contributed by atoms with Crippen molar-refractivity contribution < 1.29 is 37.8 Å². The van der Waals surface area contributed by atoms with E-state index < -0.39 is 11.9 Å². The second kappa shape index (κ2) is 16.9. The van der Waals surface area contributed by atoms with Gasteiger partial charge in [0.25, 0.3) is 17.7 Å². The third kappa shape index (κ3) is 7.89. The summed E-state index contributed by atoms with van der Waals surface area (Å²) in [7, 11) is 0. The summed E-state index contributed by atoms with van der Waals surface area (Å²) in [5.41, 5.74) is 9.80. The van der Waals surface area contributed by atoms with Crippen molar-refractivity contribution in [3.05, 3.63) is 125 Å². The highest BCUT2D eigenvalue weighted by molar-refractivity contribution is 5.89. The number of ether oxygens (including phenoxy) is 5. The largest absolute Gasteiger partial charge is 0.484 e. The van der Waals surface area contributed by atoms with E-state index in [1.165, 1.54) is 0 Å². The number of benzene rings is 2. The Labute approximate surface area is 356 Å². The number of nitrogens with zero attached hydrogens (tertiary/aromatic N) is 10. The minimum absolute atomic E-state index is 0.206. The number of pyridine rings is 2. The minimum atomic E-state index is -0.566. The van der Waals surface area contributed by atoms with Crippen molar-refractivity contribution in [3.8, 4) is 29.1 Å². The van der Waals surface area contributed by atoms with Gasteiger partial charge in [-0.2, -0.15) is 4.98 Å². The predicted molar refractivity (Wildman–Crippen MR) is 219 cm³/mol. The first kappa shape index (κ1) is 39.2. The molecule has 2 atom stereocenters. The molecule has 8 heterocycles. The van der Waals surface area contributed by atoms with Gasteiger partial charge in [0.2, 0.25) is 17.5 Å². The molecule has 0 fully saturated rings. The number of amides is 1. The Morgan fingerprint density at radius 1 is 0.790 bits per heavy atom. The van der Waals surface area contributed by atoms with Gasteiger partial charge in [-0.3, -0.25) is 14.6 Å². The van der Waals surface area contributed by atoms with E-state index in [4.69, 9.17) is 39.5 Å². The summed E-state index contributed by atoms with van der Waals surface area (Å²) in [5, 5.41) is 12.9. The molecule has 18 nitrogen and oxygen atoms in total. The molecule has 0 unspecified atom stereocenters. The van der Waals surface area contributed by atoms with E-state index in [2.05, 4.69) is 73.5 Å². The number of rotatable bonds is 10. The van der Waals surface area contributed by atoms with Crippen molar-refractivity contribution in [2.75, 3.05) is 46.0 Å². The van der Waals surface area contributed by atoms with Gasteiger partial charge in [0, 0.05) is 64.5 Å². The molecule has 0 saturated carbocycles. The van der Waals surface area contributed by atoms with Crippen molar-refractivity contribution in [3.63, 3.8) is 0 Å². The first-order valence-electron chi connectivity index (χ1n) is 21.0. The molecule has 0 aliphatic carbocycles. The van der Waals surface area contributed by atoms with Crippen LogP contribution < -0.4 is 29.2 Å². The number of aromatic nitrogens is 8. The molecule has 4 aromatic heterocycles. The molecule has 0 spiro atoms. The molecular weight excluding hydrogens is 795 g/mol. The Kier molecular flexibility index (Phi) is 10.7. The van der Waals surface area contributed by atoms with E-state index in [9.17, 15) is 9.59 Å². The first-order chi connectivity index (χ1) is 30.4. The number of carbonyl (C=O) groups excluding carboxylic acids is 2. The maximum absolute atomic E-state index is 13.3.